The topological polar surface area (TPSA) is 75.5 Å². The van der Waals surface area contributed by atoms with Crippen molar-refractivity contribution in [2.45, 2.75) is 6.04 Å². The summed E-state index contributed by atoms with van der Waals surface area (Å²) < 4.78 is 0. The monoisotopic (exact) mass is 271 g/mol. The van der Waals surface area contributed by atoms with Gasteiger partial charge in [0.05, 0.1) is 17.5 Å². The van der Waals surface area contributed by atoms with Gasteiger partial charge in [0, 0.05) is 25.7 Å². The number of benzene rings is 1. The predicted octanol–water partition coefficient (Wildman–Crippen LogP) is 1.12. The molecule has 18 heavy (non-hydrogen) atoms. The molecule has 6 nitrogen and oxygen atoms in total. The molecule has 1 aliphatic rings. The van der Waals surface area contributed by atoms with Crippen LogP contribution in [0.25, 0.3) is 0 Å². The van der Waals surface area contributed by atoms with E-state index in [0.29, 0.717) is 13.1 Å². The van der Waals surface area contributed by atoms with E-state index < -0.39 is 4.92 Å². The Morgan fingerprint density at radius 3 is 2.56 bits per heavy atom. The van der Waals surface area contributed by atoms with Gasteiger partial charge in [-0.25, -0.2) is 0 Å². The summed E-state index contributed by atoms with van der Waals surface area (Å²) in [5.74, 6) is 0.0274. The number of non-ortho nitro benzene ring substituents is 1. The summed E-state index contributed by atoms with van der Waals surface area (Å²) in [6, 6.07) is 6.25. The maximum atomic E-state index is 11.5. The molecule has 2 rings (SSSR count). The van der Waals surface area contributed by atoms with Gasteiger partial charge in [-0.15, -0.1) is 12.4 Å². The van der Waals surface area contributed by atoms with Crippen LogP contribution in [0.15, 0.2) is 24.3 Å². The molecule has 7 heteroatoms. The highest BCUT2D eigenvalue weighted by Crippen LogP contribution is 2.23. The van der Waals surface area contributed by atoms with E-state index in [1.807, 2.05) is 0 Å². The van der Waals surface area contributed by atoms with Crippen molar-refractivity contribution < 1.29 is 9.72 Å². The van der Waals surface area contributed by atoms with Gasteiger partial charge in [-0.05, 0) is 5.56 Å². The Morgan fingerprint density at radius 1 is 1.39 bits per heavy atom. The fourth-order valence-corrected chi connectivity index (χ4v) is 1.91. The Hall–Kier alpha value is -1.66. The number of nitro benzene ring substituents is 1. The second-order valence-corrected chi connectivity index (χ2v) is 4.00. The van der Waals surface area contributed by atoms with Crippen molar-refractivity contribution in [3.05, 3.63) is 39.9 Å². The SMILES string of the molecule is CN1C(=O)CNCC1c1ccc([N+](=O)[O-])cc1.Cl. The number of likely N-dealkylation sites (N-methyl/N-ethyl adjacent to an activating group) is 1. The first-order valence-corrected chi connectivity index (χ1v) is 5.30. The fourth-order valence-electron chi connectivity index (χ4n) is 1.91. The van der Waals surface area contributed by atoms with Crippen molar-refractivity contribution in [1.29, 1.82) is 0 Å². The molecule has 1 heterocycles. The van der Waals surface area contributed by atoms with E-state index in [9.17, 15) is 14.9 Å². The highest BCUT2D eigenvalue weighted by Gasteiger charge is 2.25. The van der Waals surface area contributed by atoms with E-state index in [1.54, 1.807) is 24.1 Å². The molecule has 1 saturated heterocycles. The highest BCUT2D eigenvalue weighted by atomic mass is 35.5. The van der Waals surface area contributed by atoms with E-state index in [2.05, 4.69) is 5.32 Å². The van der Waals surface area contributed by atoms with Crippen molar-refractivity contribution in [3.8, 4) is 0 Å². The number of hydrogen-bond donors (Lipinski definition) is 1. The molecule has 1 fully saturated rings. The first-order valence-electron chi connectivity index (χ1n) is 5.30. The Labute approximate surface area is 111 Å². The number of halogens is 1. The van der Waals surface area contributed by atoms with Crippen LogP contribution in [0, 0.1) is 10.1 Å². The number of piperazine rings is 1. The summed E-state index contributed by atoms with van der Waals surface area (Å²) in [6.07, 6.45) is 0. The summed E-state index contributed by atoms with van der Waals surface area (Å²) in [5.41, 5.74) is 0.963. The van der Waals surface area contributed by atoms with Gasteiger partial charge in [0.25, 0.3) is 5.69 Å². The average Bonchev–Trinajstić information content (AvgIpc) is 2.33. The van der Waals surface area contributed by atoms with Crippen LogP contribution in [0.5, 0.6) is 0 Å². The third-order valence-electron chi connectivity index (χ3n) is 2.96. The first kappa shape index (κ1) is 14.4. The Bertz CT molecular complexity index is 449. The van der Waals surface area contributed by atoms with Gasteiger partial charge in [0.1, 0.15) is 0 Å². The number of rotatable bonds is 2. The summed E-state index contributed by atoms with van der Waals surface area (Å²) >= 11 is 0. The molecule has 0 aliphatic carbocycles. The van der Waals surface area contributed by atoms with Gasteiger partial charge in [0.15, 0.2) is 0 Å². The molecular formula is C11H14ClN3O3. The molecule has 1 atom stereocenters. The van der Waals surface area contributed by atoms with Crippen LogP contribution in [0.3, 0.4) is 0 Å². The summed E-state index contributed by atoms with van der Waals surface area (Å²) in [4.78, 5) is 23.3. The van der Waals surface area contributed by atoms with Crippen LogP contribution in [-0.2, 0) is 4.79 Å². The smallest absolute Gasteiger partial charge is 0.269 e. The van der Waals surface area contributed by atoms with Crippen LogP contribution < -0.4 is 5.32 Å². The molecule has 1 unspecified atom stereocenters. The van der Waals surface area contributed by atoms with Crippen LogP contribution in [0.1, 0.15) is 11.6 Å². The number of amides is 1. The standard InChI is InChI=1S/C11H13N3O3.ClH/c1-13-10(6-12-7-11(13)15)8-2-4-9(5-3-8)14(16)17;/h2-5,10,12H,6-7H2,1H3;1H. The zero-order chi connectivity index (χ0) is 12.4. The maximum Gasteiger partial charge on any atom is 0.269 e. The van der Waals surface area contributed by atoms with Crippen molar-refractivity contribution in [2.75, 3.05) is 20.1 Å². The fraction of sp³-hybridized carbons (Fsp3) is 0.364. The highest BCUT2D eigenvalue weighted by molar-refractivity contribution is 5.85. The van der Waals surface area contributed by atoms with Gasteiger partial charge in [-0.1, -0.05) is 12.1 Å². The largest absolute Gasteiger partial charge is 0.336 e. The Morgan fingerprint density at radius 2 is 2.00 bits per heavy atom. The second kappa shape index (κ2) is 5.79. The molecule has 1 aromatic carbocycles. The van der Waals surface area contributed by atoms with Gasteiger partial charge < -0.3 is 10.2 Å². The second-order valence-electron chi connectivity index (χ2n) is 4.00. The molecule has 0 bridgehead atoms. The molecule has 0 aromatic heterocycles. The molecule has 1 amide bonds. The van der Waals surface area contributed by atoms with Crippen molar-refractivity contribution in [2.24, 2.45) is 0 Å². The third-order valence-corrected chi connectivity index (χ3v) is 2.96. The molecule has 0 saturated carbocycles. The molecule has 1 aromatic rings. The number of carbonyl (C=O) groups is 1. The average molecular weight is 272 g/mol. The number of carbonyl (C=O) groups excluding carboxylic acids is 1. The molecule has 1 N–H and O–H groups in total. The van der Waals surface area contributed by atoms with Gasteiger partial charge >= 0.3 is 0 Å². The summed E-state index contributed by atoms with van der Waals surface area (Å²) in [7, 11) is 1.75. The molecule has 0 radical (unpaired) electrons. The zero-order valence-corrected chi connectivity index (χ0v) is 10.6. The maximum absolute atomic E-state index is 11.5. The summed E-state index contributed by atoms with van der Waals surface area (Å²) in [6.45, 7) is 1.01. The predicted molar refractivity (Wildman–Crippen MR) is 68.7 cm³/mol. The molecule has 98 valence electrons. The molecule has 0 spiro atoms. The number of nitrogens with zero attached hydrogens (tertiary/aromatic N) is 2. The van der Waals surface area contributed by atoms with E-state index in [1.165, 1.54) is 12.1 Å². The molecular weight excluding hydrogens is 258 g/mol. The van der Waals surface area contributed by atoms with Crippen LogP contribution >= 0.6 is 12.4 Å². The van der Waals surface area contributed by atoms with E-state index >= 15 is 0 Å². The van der Waals surface area contributed by atoms with Crippen molar-refractivity contribution >= 4 is 24.0 Å². The molecule has 1 aliphatic heterocycles. The van der Waals surface area contributed by atoms with Gasteiger partial charge in [0.2, 0.25) is 5.91 Å². The van der Waals surface area contributed by atoms with Crippen molar-refractivity contribution in [1.82, 2.24) is 10.2 Å². The van der Waals surface area contributed by atoms with Crippen LogP contribution in [0.2, 0.25) is 0 Å². The first-order chi connectivity index (χ1) is 8.09. The lowest BCUT2D eigenvalue weighted by atomic mass is 10.0. The number of hydrogen-bond acceptors (Lipinski definition) is 4. The minimum absolute atomic E-state index is 0. The minimum Gasteiger partial charge on any atom is -0.336 e. The van der Waals surface area contributed by atoms with Crippen LogP contribution in [-0.4, -0.2) is 35.9 Å². The van der Waals surface area contributed by atoms with Crippen LogP contribution in [0.4, 0.5) is 5.69 Å². The van der Waals surface area contributed by atoms with E-state index in [-0.39, 0.29) is 30.0 Å². The zero-order valence-electron chi connectivity index (χ0n) is 9.83. The number of nitrogens with one attached hydrogen (secondary N) is 1. The number of nitro groups is 1. The lowest BCUT2D eigenvalue weighted by Gasteiger charge is -2.33. The lowest BCUT2D eigenvalue weighted by molar-refractivity contribution is -0.384. The van der Waals surface area contributed by atoms with E-state index in [4.69, 9.17) is 0 Å². The summed E-state index contributed by atoms with van der Waals surface area (Å²) in [5, 5.41) is 13.6. The Balaban J connectivity index is 0.00000162. The van der Waals surface area contributed by atoms with Gasteiger partial charge in [-0.2, -0.15) is 0 Å². The van der Waals surface area contributed by atoms with Crippen molar-refractivity contribution in [3.63, 3.8) is 0 Å². The minimum atomic E-state index is -0.433. The van der Waals surface area contributed by atoms with E-state index in [0.717, 1.165) is 5.56 Å². The van der Waals surface area contributed by atoms with Gasteiger partial charge in [-0.3, -0.25) is 14.9 Å². The quantitative estimate of drug-likeness (QED) is 0.646. The third kappa shape index (κ3) is 2.77. The lowest BCUT2D eigenvalue weighted by Crippen LogP contribution is -2.47. The normalized spacial score (nSPS) is 19.3. The Kier molecular flexibility index (Phi) is 4.63.